The van der Waals surface area contributed by atoms with Crippen molar-refractivity contribution in [2.45, 2.75) is 32.7 Å². The van der Waals surface area contributed by atoms with Crippen molar-refractivity contribution in [3.8, 4) is 0 Å². The van der Waals surface area contributed by atoms with Crippen LogP contribution < -0.4 is 5.32 Å². The van der Waals surface area contributed by atoms with E-state index >= 15 is 0 Å². The predicted molar refractivity (Wildman–Crippen MR) is 73.5 cm³/mol. The van der Waals surface area contributed by atoms with Crippen LogP contribution >= 0.6 is 0 Å². The van der Waals surface area contributed by atoms with Crippen LogP contribution in [0.2, 0.25) is 0 Å². The van der Waals surface area contributed by atoms with Gasteiger partial charge in [0.05, 0.1) is 13.0 Å². The summed E-state index contributed by atoms with van der Waals surface area (Å²) in [6.07, 6.45) is 1.80. The standard InChI is InChI=1S/C14H26N2O2/c1-11(2)15-9-12(3)10-16-7-5-13(6-8-16)14(17)18-4/h11,13,15H,3,5-10H2,1-2,4H3. The Kier molecular flexibility index (Phi) is 6.36. The highest BCUT2D eigenvalue weighted by Crippen LogP contribution is 2.18. The number of likely N-dealkylation sites (tertiary alicyclic amines) is 1. The number of carbonyl (C=O) groups is 1. The molecule has 104 valence electrons. The lowest BCUT2D eigenvalue weighted by Gasteiger charge is -2.31. The van der Waals surface area contributed by atoms with E-state index in [0.717, 1.165) is 39.0 Å². The highest BCUT2D eigenvalue weighted by Gasteiger charge is 2.25. The van der Waals surface area contributed by atoms with Gasteiger partial charge < -0.3 is 10.1 Å². The molecule has 0 bridgehead atoms. The van der Waals surface area contributed by atoms with Gasteiger partial charge in [-0.25, -0.2) is 0 Å². The molecule has 0 saturated carbocycles. The summed E-state index contributed by atoms with van der Waals surface area (Å²) in [5, 5.41) is 3.37. The first-order chi connectivity index (χ1) is 8.52. The Balaban J connectivity index is 2.23. The van der Waals surface area contributed by atoms with Crippen LogP contribution in [0.1, 0.15) is 26.7 Å². The average Bonchev–Trinajstić information content (AvgIpc) is 2.36. The van der Waals surface area contributed by atoms with Gasteiger partial charge in [0.25, 0.3) is 0 Å². The number of rotatable bonds is 6. The quantitative estimate of drug-likeness (QED) is 0.575. The summed E-state index contributed by atoms with van der Waals surface area (Å²) in [5.74, 6) is 0.0308. The highest BCUT2D eigenvalue weighted by molar-refractivity contribution is 5.72. The van der Waals surface area contributed by atoms with Crippen molar-refractivity contribution >= 4 is 5.97 Å². The van der Waals surface area contributed by atoms with Crippen LogP contribution in [0, 0.1) is 5.92 Å². The molecule has 18 heavy (non-hydrogen) atoms. The lowest BCUT2D eigenvalue weighted by atomic mass is 9.97. The number of ether oxygens (including phenoxy) is 1. The third kappa shape index (κ3) is 5.19. The molecule has 0 aromatic rings. The van der Waals surface area contributed by atoms with Crippen molar-refractivity contribution < 1.29 is 9.53 Å². The molecule has 1 N–H and O–H groups in total. The molecule has 0 spiro atoms. The van der Waals surface area contributed by atoms with Gasteiger partial charge in [-0.3, -0.25) is 9.69 Å². The normalized spacial score (nSPS) is 18.0. The van der Waals surface area contributed by atoms with Gasteiger partial charge in [-0.05, 0) is 31.5 Å². The largest absolute Gasteiger partial charge is 0.469 e. The lowest BCUT2D eigenvalue weighted by Crippen LogP contribution is -2.39. The second-order valence-corrected chi connectivity index (χ2v) is 5.36. The van der Waals surface area contributed by atoms with E-state index in [1.165, 1.54) is 12.7 Å². The third-order valence-corrected chi connectivity index (χ3v) is 3.33. The Hall–Kier alpha value is -0.870. The van der Waals surface area contributed by atoms with Crippen molar-refractivity contribution in [1.82, 2.24) is 10.2 Å². The monoisotopic (exact) mass is 254 g/mol. The van der Waals surface area contributed by atoms with Gasteiger partial charge in [0.2, 0.25) is 0 Å². The molecule has 1 aliphatic heterocycles. The molecule has 0 unspecified atom stereocenters. The van der Waals surface area contributed by atoms with Gasteiger partial charge in [0.1, 0.15) is 0 Å². The van der Waals surface area contributed by atoms with E-state index in [0.29, 0.717) is 6.04 Å². The molecule has 0 radical (unpaired) electrons. The number of esters is 1. The first-order valence-corrected chi connectivity index (χ1v) is 6.73. The maximum absolute atomic E-state index is 11.4. The van der Waals surface area contributed by atoms with E-state index in [1.54, 1.807) is 0 Å². The molecule has 4 nitrogen and oxygen atoms in total. The molecular formula is C14H26N2O2. The van der Waals surface area contributed by atoms with E-state index < -0.39 is 0 Å². The van der Waals surface area contributed by atoms with Crippen LogP contribution in [0.25, 0.3) is 0 Å². The molecule has 0 amide bonds. The molecule has 1 rings (SSSR count). The van der Waals surface area contributed by atoms with E-state index in [-0.39, 0.29) is 11.9 Å². The molecule has 4 heteroatoms. The molecule has 1 heterocycles. The summed E-state index contributed by atoms with van der Waals surface area (Å²) in [6, 6.07) is 0.492. The first-order valence-electron chi connectivity index (χ1n) is 6.73. The fraction of sp³-hybridized carbons (Fsp3) is 0.786. The number of hydrogen-bond donors (Lipinski definition) is 1. The van der Waals surface area contributed by atoms with E-state index in [9.17, 15) is 4.79 Å². The predicted octanol–water partition coefficient (Wildman–Crippen LogP) is 1.43. The molecule has 0 atom stereocenters. The van der Waals surface area contributed by atoms with Crippen LogP contribution in [-0.4, -0.2) is 50.2 Å². The summed E-state index contributed by atoms with van der Waals surface area (Å²) in [5.41, 5.74) is 1.21. The minimum atomic E-state index is -0.0602. The minimum absolute atomic E-state index is 0.0602. The number of nitrogens with one attached hydrogen (secondary N) is 1. The average molecular weight is 254 g/mol. The first kappa shape index (κ1) is 15.2. The van der Waals surface area contributed by atoms with Crippen LogP contribution in [0.3, 0.4) is 0 Å². The van der Waals surface area contributed by atoms with Gasteiger partial charge in [-0.2, -0.15) is 0 Å². The maximum atomic E-state index is 11.4. The minimum Gasteiger partial charge on any atom is -0.469 e. The fourth-order valence-electron chi connectivity index (χ4n) is 2.21. The molecule has 1 saturated heterocycles. The zero-order valence-electron chi connectivity index (χ0n) is 11.9. The summed E-state index contributed by atoms with van der Waals surface area (Å²) in [7, 11) is 1.47. The number of methoxy groups -OCH3 is 1. The maximum Gasteiger partial charge on any atom is 0.308 e. The Labute approximate surface area is 110 Å². The summed E-state index contributed by atoms with van der Waals surface area (Å²) < 4.78 is 4.79. The smallest absolute Gasteiger partial charge is 0.308 e. The summed E-state index contributed by atoms with van der Waals surface area (Å²) >= 11 is 0. The topological polar surface area (TPSA) is 41.6 Å². The van der Waals surface area contributed by atoms with Crippen molar-refractivity contribution in [2.24, 2.45) is 5.92 Å². The third-order valence-electron chi connectivity index (χ3n) is 3.33. The lowest BCUT2D eigenvalue weighted by molar-refractivity contribution is -0.147. The van der Waals surface area contributed by atoms with Crippen LogP contribution in [-0.2, 0) is 9.53 Å². The van der Waals surface area contributed by atoms with Gasteiger partial charge in [0.15, 0.2) is 0 Å². The number of carbonyl (C=O) groups excluding carboxylic acids is 1. The van der Waals surface area contributed by atoms with Crippen LogP contribution in [0.4, 0.5) is 0 Å². The van der Waals surface area contributed by atoms with Crippen molar-refractivity contribution in [3.05, 3.63) is 12.2 Å². The number of nitrogens with zero attached hydrogens (tertiary/aromatic N) is 1. The Morgan fingerprint density at radius 2 is 2.06 bits per heavy atom. The van der Waals surface area contributed by atoms with Gasteiger partial charge in [0, 0.05) is 19.1 Å². The second kappa shape index (κ2) is 7.54. The van der Waals surface area contributed by atoms with Crippen LogP contribution in [0.15, 0.2) is 12.2 Å². The van der Waals surface area contributed by atoms with Crippen LogP contribution in [0.5, 0.6) is 0 Å². The molecule has 1 aliphatic rings. The molecule has 0 aromatic heterocycles. The van der Waals surface area contributed by atoms with E-state index in [2.05, 4.69) is 30.6 Å². The van der Waals surface area contributed by atoms with E-state index in [4.69, 9.17) is 4.74 Å². The van der Waals surface area contributed by atoms with Gasteiger partial charge in [-0.1, -0.05) is 20.4 Å². The molecule has 1 fully saturated rings. The molecular weight excluding hydrogens is 228 g/mol. The van der Waals surface area contributed by atoms with Gasteiger partial charge in [-0.15, -0.1) is 0 Å². The number of hydrogen-bond acceptors (Lipinski definition) is 4. The second-order valence-electron chi connectivity index (χ2n) is 5.36. The van der Waals surface area contributed by atoms with E-state index in [1.807, 2.05) is 0 Å². The zero-order chi connectivity index (χ0) is 13.5. The summed E-state index contributed by atoms with van der Waals surface area (Å²) in [4.78, 5) is 13.8. The molecule has 0 aliphatic carbocycles. The van der Waals surface area contributed by atoms with Crippen molar-refractivity contribution in [1.29, 1.82) is 0 Å². The Morgan fingerprint density at radius 1 is 1.44 bits per heavy atom. The summed E-state index contributed by atoms with van der Waals surface area (Å²) in [6.45, 7) is 12.1. The van der Waals surface area contributed by atoms with Gasteiger partial charge >= 0.3 is 5.97 Å². The van der Waals surface area contributed by atoms with Crippen molar-refractivity contribution in [3.63, 3.8) is 0 Å². The molecule has 0 aromatic carbocycles. The zero-order valence-corrected chi connectivity index (χ0v) is 11.9. The highest BCUT2D eigenvalue weighted by atomic mass is 16.5. The number of piperidine rings is 1. The fourth-order valence-corrected chi connectivity index (χ4v) is 2.21. The SMILES string of the molecule is C=C(CNC(C)C)CN1CCC(C(=O)OC)CC1. The Morgan fingerprint density at radius 3 is 2.56 bits per heavy atom. The Bertz CT molecular complexity index is 282. The van der Waals surface area contributed by atoms with Crippen molar-refractivity contribution in [2.75, 3.05) is 33.3 Å².